The molecule has 0 saturated heterocycles. The first-order valence-corrected chi connectivity index (χ1v) is 3.91. The standard InChI is InChI=1S/C10H8F4/c1-2-3-7-4-5-9(11)8(6-7)10(12,13)14/h2,4-6H,1,3H2. The second-order valence-corrected chi connectivity index (χ2v) is 2.80. The molecule has 0 nitrogen and oxygen atoms in total. The third kappa shape index (κ3) is 2.34. The van der Waals surface area contributed by atoms with Crippen LogP contribution in [0.5, 0.6) is 0 Å². The lowest BCUT2D eigenvalue weighted by molar-refractivity contribution is -0.140. The SMILES string of the molecule is C=CCc1ccc(F)c(C(F)(F)F)c1. The molecule has 0 fully saturated rings. The molecule has 0 amide bonds. The highest BCUT2D eigenvalue weighted by molar-refractivity contribution is 5.28. The summed E-state index contributed by atoms with van der Waals surface area (Å²) in [4.78, 5) is 0. The number of benzene rings is 1. The molecule has 0 bridgehead atoms. The predicted molar refractivity (Wildman–Crippen MR) is 45.3 cm³/mol. The summed E-state index contributed by atoms with van der Waals surface area (Å²) in [5, 5.41) is 0. The molecule has 0 radical (unpaired) electrons. The van der Waals surface area contributed by atoms with Crippen molar-refractivity contribution in [2.24, 2.45) is 0 Å². The third-order valence-corrected chi connectivity index (χ3v) is 1.72. The van der Waals surface area contributed by atoms with E-state index < -0.39 is 17.6 Å². The zero-order valence-electron chi connectivity index (χ0n) is 7.24. The van der Waals surface area contributed by atoms with Crippen LogP contribution in [0.3, 0.4) is 0 Å². The van der Waals surface area contributed by atoms with E-state index in [-0.39, 0.29) is 0 Å². The van der Waals surface area contributed by atoms with Gasteiger partial charge in [-0.2, -0.15) is 13.2 Å². The Kier molecular flexibility index (Phi) is 2.93. The molecular weight excluding hydrogens is 196 g/mol. The fourth-order valence-electron chi connectivity index (χ4n) is 1.08. The highest BCUT2D eigenvalue weighted by Gasteiger charge is 2.33. The van der Waals surface area contributed by atoms with Gasteiger partial charge in [-0.3, -0.25) is 0 Å². The normalized spacial score (nSPS) is 11.4. The van der Waals surface area contributed by atoms with E-state index in [4.69, 9.17) is 0 Å². The van der Waals surface area contributed by atoms with Gasteiger partial charge < -0.3 is 0 Å². The van der Waals surface area contributed by atoms with Crippen LogP contribution in [0, 0.1) is 5.82 Å². The Bertz CT molecular complexity index is 338. The van der Waals surface area contributed by atoms with Crippen molar-refractivity contribution in [3.05, 3.63) is 47.8 Å². The Morgan fingerprint density at radius 3 is 2.43 bits per heavy atom. The number of halogens is 4. The van der Waals surface area contributed by atoms with Gasteiger partial charge in [0.2, 0.25) is 0 Å². The van der Waals surface area contributed by atoms with E-state index >= 15 is 0 Å². The topological polar surface area (TPSA) is 0 Å². The van der Waals surface area contributed by atoms with E-state index in [1.165, 1.54) is 12.1 Å². The van der Waals surface area contributed by atoms with Gasteiger partial charge in [-0.1, -0.05) is 12.1 Å². The van der Waals surface area contributed by atoms with Crippen molar-refractivity contribution in [3.8, 4) is 0 Å². The first kappa shape index (κ1) is 10.8. The maximum Gasteiger partial charge on any atom is 0.419 e. The van der Waals surface area contributed by atoms with Gasteiger partial charge in [-0.25, -0.2) is 4.39 Å². The summed E-state index contributed by atoms with van der Waals surface area (Å²) in [7, 11) is 0. The zero-order valence-corrected chi connectivity index (χ0v) is 7.24. The maximum absolute atomic E-state index is 12.8. The van der Waals surface area contributed by atoms with Crippen molar-refractivity contribution in [3.63, 3.8) is 0 Å². The van der Waals surface area contributed by atoms with E-state index in [1.807, 2.05) is 0 Å². The van der Waals surface area contributed by atoms with E-state index in [9.17, 15) is 17.6 Å². The minimum absolute atomic E-state index is 0.295. The molecule has 1 aromatic carbocycles. The average molecular weight is 204 g/mol. The summed E-state index contributed by atoms with van der Waals surface area (Å²) < 4.78 is 49.4. The molecule has 0 N–H and O–H groups in total. The average Bonchev–Trinajstić information content (AvgIpc) is 2.07. The minimum atomic E-state index is -4.64. The Morgan fingerprint density at radius 2 is 1.93 bits per heavy atom. The Hall–Kier alpha value is -1.32. The zero-order chi connectivity index (χ0) is 10.8. The monoisotopic (exact) mass is 204 g/mol. The highest BCUT2D eigenvalue weighted by Crippen LogP contribution is 2.31. The van der Waals surface area contributed by atoms with Gasteiger partial charge in [0.05, 0.1) is 5.56 Å². The van der Waals surface area contributed by atoms with E-state index in [0.29, 0.717) is 12.0 Å². The molecule has 0 atom stereocenters. The third-order valence-electron chi connectivity index (χ3n) is 1.72. The quantitative estimate of drug-likeness (QED) is 0.510. The molecule has 0 aromatic heterocycles. The van der Waals surface area contributed by atoms with E-state index in [2.05, 4.69) is 6.58 Å². The van der Waals surface area contributed by atoms with Crippen LogP contribution in [0.2, 0.25) is 0 Å². The van der Waals surface area contributed by atoms with Gasteiger partial charge in [0.1, 0.15) is 5.82 Å². The van der Waals surface area contributed by atoms with Gasteiger partial charge in [-0.05, 0) is 24.1 Å². The van der Waals surface area contributed by atoms with Gasteiger partial charge in [0.15, 0.2) is 0 Å². The van der Waals surface area contributed by atoms with Crippen LogP contribution in [-0.4, -0.2) is 0 Å². The Labute approximate surface area is 78.9 Å². The molecule has 0 spiro atoms. The summed E-state index contributed by atoms with van der Waals surface area (Å²) in [6.45, 7) is 3.40. The van der Waals surface area contributed by atoms with E-state index in [0.717, 1.165) is 12.1 Å². The number of hydrogen-bond donors (Lipinski definition) is 0. The molecule has 14 heavy (non-hydrogen) atoms. The number of allylic oxidation sites excluding steroid dienone is 1. The summed E-state index contributed by atoms with van der Waals surface area (Å²) >= 11 is 0. The van der Waals surface area contributed by atoms with Gasteiger partial charge in [-0.15, -0.1) is 6.58 Å². The van der Waals surface area contributed by atoms with Gasteiger partial charge in [0.25, 0.3) is 0 Å². The summed E-state index contributed by atoms with van der Waals surface area (Å²) in [5.74, 6) is -1.25. The lowest BCUT2D eigenvalue weighted by atomic mass is 10.1. The summed E-state index contributed by atoms with van der Waals surface area (Å²) in [6.07, 6.45) is -2.88. The lowest BCUT2D eigenvalue weighted by Crippen LogP contribution is -2.08. The van der Waals surface area contributed by atoms with Crippen molar-refractivity contribution in [2.45, 2.75) is 12.6 Å². The van der Waals surface area contributed by atoms with Crippen LogP contribution >= 0.6 is 0 Å². The molecule has 0 saturated carbocycles. The predicted octanol–water partition coefficient (Wildman–Crippen LogP) is 3.57. The van der Waals surface area contributed by atoms with Crippen molar-refractivity contribution in [1.29, 1.82) is 0 Å². The first-order valence-electron chi connectivity index (χ1n) is 3.91. The fourth-order valence-corrected chi connectivity index (χ4v) is 1.08. The Morgan fingerprint density at radius 1 is 1.29 bits per heavy atom. The largest absolute Gasteiger partial charge is 0.419 e. The van der Waals surface area contributed by atoms with Crippen LogP contribution in [0.25, 0.3) is 0 Å². The van der Waals surface area contributed by atoms with Crippen LogP contribution in [-0.2, 0) is 12.6 Å². The van der Waals surface area contributed by atoms with Crippen molar-refractivity contribution < 1.29 is 17.6 Å². The van der Waals surface area contributed by atoms with Crippen LogP contribution in [0.15, 0.2) is 30.9 Å². The number of hydrogen-bond acceptors (Lipinski definition) is 0. The van der Waals surface area contributed by atoms with Crippen molar-refractivity contribution in [2.75, 3.05) is 0 Å². The van der Waals surface area contributed by atoms with Gasteiger partial charge >= 0.3 is 6.18 Å². The van der Waals surface area contributed by atoms with Crippen molar-refractivity contribution in [1.82, 2.24) is 0 Å². The van der Waals surface area contributed by atoms with E-state index in [1.54, 1.807) is 0 Å². The smallest absolute Gasteiger partial charge is 0.206 e. The highest BCUT2D eigenvalue weighted by atomic mass is 19.4. The summed E-state index contributed by atoms with van der Waals surface area (Å²) in [5.41, 5.74) is -0.828. The first-order chi connectivity index (χ1) is 6.45. The molecule has 0 aliphatic carbocycles. The molecule has 1 rings (SSSR count). The minimum Gasteiger partial charge on any atom is -0.206 e. The number of alkyl halides is 3. The molecule has 1 aromatic rings. The molecule has 4 heteroatoms. The molecule has 0 aliphatic heterocycles. The molecule has 0 unspecified atom stereocenters. The Balaban J connectivity index is 3.15. The van der Waals surface area contributed by atoms with Crippen molar-refractivity contribution >= 4 is 0 Å². The molecular formula is C10H8F4. The second-order valence-electron chi connectivity index (χ2n) is 2.80. The summed E-state index contributed by atoms with van der Waals surface area (Å²) in [6, 6.07) is 2.94. The van der Waals surface area contributed by atoms with Crippen LogP contribution < -0.4 is 0 Å². The molecule has 0 aliphatic rings. The maximum atomic E-state index is 12.8. The fraction of sp³-hybridized carbons (Fsp3) is 0.200. The second kappa shape index (κ2) is 3.82. The number of rotatable bonds is 2. The van der Waals surface area contributed by atoms with Gasteiger partial charge in [0, 0.05) is 0 Å². The van der Waals surface area contributed by atoms with Crippen LogP contribution in [0.1, 0.15) is 11.1 Å². The molecule has 0 heterocycles. The van der Waals surface area contributed by atoms with Crippen LogP contribution in [0.4, 0.5) is 17.6 Å². The lowest BCUT2D eigenvalue weighted by Gasteiger charge is -2.08. The molecule has 76 valence electrons.